The van der Waals surface area contributed by atoms with Crippen molar-refractivity contribution in [2.75, 3.05) is 11.1 Å². The third-order valence-corrected chi connectivity index (χ3v) is 3.23. The predicted molar refractivity (Wildman–Crippen MR) is 79.5 cm³/mol. The van der Waals surface area contributed by atoms with Crippen LogP contribution >= 0.6 is 0 Å². The van der Waals surface area contributed by atoms with Crippen LogP contribution in [0.4, 0.5) is 17.1 Å². The summed E-state index contributed by atoms with van der Waals surface area (Å²) in [5.41, 5.74) is 13.9. The number of hydrogen-bond acceptors (Lipinski definition) is 2. The van der Waals surface area contributed by atoms with Crippen molar-refractivity contribution >= 4 is 17.1 Å². The van der Waals surface area contributed by atoms with Gasteiger partial charge < -0.3 is 11.1 Å². The molecule has 2 rings (SSSR count). The largest absolute Gasteiger partial charge is 0.397 e. The van der Waals surface area contributed by atoms with Crippen LogP contribution in [0.15, 0.2) is 30.3 Å². The summed E-state index contributed by atoms with van der Waals surface area (Å²) in [7, 11) is 0. The molecule has 0 unspecified atom stereocenters. The molecule has 94 valence electrons. The molecule has 2 heteroatoms. The van der Waals surface area contributed by atoms with Crippen molar-refractivity contribution in [3.05, 3.63) is 52.6 Å². The smallest absolute Gasteiger partial charge is 0.0647 e. The highest BCUT2D eigenvalue weighted by Crippen LogP contribution is 2.30. The van der Waals surface area contributed by atoms with Crippen LogP contribution in [0.2, 0.25) is 0 Å². The molecule has 2 aromatic carbocycles. The van der Waals surface area contributed by atoms with Gasteiger partial charge in [-0.05, 0) is 50.5 Å². The first-order chi connectivity index (χ1) is 8.49. The van der Waals surface area contributed by atoms with Gasteiger partial charge in [-0.25, -0.2) is 0 Å². The molecule has 0 aliphatic heterocycles. The summed E-state index contributed by atoms with van der Waals surface area (Å²) < 4.78 is 0. The summed E-state index contributed by atoms with van der Waals surface area (Å²) in [6.45, 7) is 8.43. The molecule has 0 amide bonds. The van der Waals surface area contributed by atoms with E-state index < -0.39 is 0 Å². The third-order valence-electron chi connectivity index (χ3n) is 3.23. The predicted octanol–water partition coefficient (Wildman–Crippen LogP) is 4.25. The van der Waals surface area contributed by atoms with E-state index in [1.807, 2.05) is 12.1 Å². The molecule has 0 aliphatic rings. The standard InChI is InChI=1S/C16H20N2/c1-10-8-12(3)15(13(4)9-10)18-16-11(2)6-5-7-14(16)17/h5-9,18H,17H2,1-4H3. The second-order valence-electron chi connectivity index (χ2n) is 4.94. The highest BCUT2D eigenvalue weighted by molar-refractivity contribution is 5.78. The van der Waals surface area contributed by atoms with Gasteiger partial charge in [-0.3, -0.25) is 0 Å². The minimum atomic E-state index is 0.786. The number of nitrogen functional groups attached to an aromatic ring is 1. The normalized spacial score (nSPS) is 10.4. The molecule has 3 N–H and O–H groups in total. The maximum Gasteiger partial charge on any atom is 0.0647 e. The Labute approximate surface area is 109 Å². The van der Waals surface area contributed by atoms with E-state index in [1.165, 1.54) is 16.7 Å². The first kappa shape index (κ1) is 12.5. The molecule has 0 spiro atoms. The summed E-state index contributed by atoms with van der Waals surface area (Å²) in [4.78, 5) is 0. The van der Waals surface area contributed by atoms with E-state index >= 15 is 0 Å². The fourth-order valence-electron chi connectivity index (χ4n) is 2.36. The number of para-hydroxylation sites is 1. The van der Waals surface area contributed by atoms with Gasteiger partial charge in [-0.2, -0.15) is 0 Å². The summed E-state index contributed by atoms with van der Waals surface area (Å²) in [5, 5.41) is 3.48. The highest BCUT2D eigenvalue weighted by atomic mass is 14.9. The van der Waals surface area contributed by atoms with Crippen LogP contribution < -0.4 is 11.1 Å². The lowest BCUT2D eigenvalue weighted by Gasteiger charge is -2.17. The van der Waals surface area contributed by atoms with Crippen molar-refractivity contribution in [2.45, 2.75) is 27.7 Å². The number of rotatable bonds is 2. The maximum atomic E-state index is 6.04. The Balaban J connectivity index is 2.47. The van der Waals surface area contributed by atoms with Gasteiger partial charge in [-0.15, -0.1) is 0 Å². The van der Waals surface area contributed by atoms with Crippen LogP contribution in [0.5, 0.6) is 0 Å². The molecule has 2 aromatic rings. The Hall–Kier alpha value is -1.96. The van der Waals surface area contributed by atoms with Crippen LogP contribution in [-0.4, -0.2) is 0 Å². The summed E-state index contributed by atoms with van der Waals surface area (Å²) in [6, 6.07) is 10.3. The summed E-state index contributed by atoms with van der Waals surface area (Å²) in [6.07, 6.45) is 0. The lowest BCUT2D eigenvalue weighted by molar-refractivity contribution is 1.30. The molecular formula is C16H20N2. The maximum absolute atomic E-state index is 6.04. The fourth-order valence-corrected chi connectivity index (χ4v) is 2.36. The molecule has 0 aliphatic carbocycles. The Morgan fingerprint density at radius 2 is 1.44 bits per heavy atom. The van der Waals surface area contributed by atoms with Gasteiger partial charge in [0.05, 0.1) is 11.4 Å². The summed E-state index contributed by atoms with van der Waals surface area (Å²) >= 11 is 0. The first-order valence-corrected chi connectivity index (χ1v) is 6.19. The number of nitrogens with one attached hydrogen (secondary N) is 1. The lowest BCUT2D eigenvalue weighted by atomic mass is 10.0. The van der Waals surface area contributed by atoms with Crippen LogP contribution in [0.3, 0.4) is 0 Å². The average molecular weight is 240 g/mol. The topological polar surface area (TPSA) is 38.0 Å². The third kappa shape index (κ3) is 2.33. The van der Waals surface area contributed by atoms with E-state index in [4.69, 9.17) is 5.73 Å². The van der Waals surface area contributed by atoms with E-state index in [-0.39, 0.29) is 0 Å². The zero-order valence-corrected chi connectivity index (χ0v) is 11.5. The van der Waals surface area contributed by atoms with Gasteiger partial charge in [0.25, 0.3) is 0 Å². The van der Waals surface area contributed by atoms with Crippen LogP contribution in [0, 0.1) is 27.7 Å². The monoisotopic (exact) mass is 240 g/mol. The van der Waals surface area contributed by atoms with E-state index in [0.29, 0.717) is 0 Å². The minimum absolute atomic E-state index is 0.786. The van der Waals surface area contributed by atoms with Gasteiger partial charge in [0.2, 0.25) is 0 Å². The van der Waals surface area contributed by atoms with E-state index in [9.17, 15) is 0 Å². The van der Waals surface area contributed by atoms with Crippen LogP contribution in [0.25, 0.3) is 0 Å². The molecule has 2 nitrogen and oxygen atoms in total. The number of hydrogen-bond donors (Lipinski definition) is 2. The van der Waals surface area contributed by atoms with Crippen molar-refractivity contribution in [3.8, 4) is 0 Å². The molecule has 0 radical (unpaired) electrons. The Kier molecular flexibility index (Phi) is 3.28. The van der Waals surface area contributed by atoms with Crippen molar-refractivity contribution in [2.24, 2.45) is 0 Å². The first-order valence-electron chi connectivity index (χ1n) is 6.19. The Morgan fingerprint density at radius 1 is 0.833 bits per heavy atom. The van der Waals surface area contributed by atoms with Gasteiger partial charge in [0.15, 0.2) is 0 Å². The zero-order valence-electron chi connectivity index (χ0n) is 11.5. The number of benzene rings is 2. The van der Waals surface area contributed by atoms with Crippen LogP contribution in [-0.2, 0) is 0 Å². The second kappa shape index (κ2) is 4.73. The van der Waals surface area contributed by atoms with E-state index in [0.717, 1.165) is 22.6 Å². The molecule has 0 saturated carbocycles. The van der Waals surface area contributed by atoms with Crippen molar-refractivity contribution in [1.29, 1.82) is 0 Å². The number of aryl methyl sites for hydroxylation is 4. The zero-order chi connectivity index (χ0) is 13.3. The highest BCUT2D eigenvalue weighted by Gasteiger charge is 2.07. The Bertz CT molecular complexity index is 542. The van der Waals surface area contributed by atoms with Gasteiger partial charge in [0, 0.05) is 5.69 Å². The van der Waals surface area contributed by atoms with Gasteiger partial charge in [0.1, 0.15) is 0 Å². The lowest BCUT2D eigenvalue weighted by Crippen LogP contribution is -2.02. The molecule has 0 saturated heterocycles. The van der Waals surface area contributed by atoms with Crippen molar-refractivity contribution in [3.63, 3.8) is 0 Å². The molecule has 0 fully saturated rings. The quantitative estimate of drug-likeness (QED) is 0.770. The molecule has 0 bridgehead atoms. The fraction of sp³-hybridized carbons (Fsp3) is 0.250. The second-order valence-corrected chi connectivity index (χ2v) is 4.94. The van der Waals surface area contributed by atoms with E-state index in [2.05, 4.69) is 51.2 Å². The Morgan fingerprint density at radius 3 is 2.00 bits per heavy atom. The summed E-state index contributed by atoms with van der Waals surface area (Å²) in [5.74, 6) is 0. The minimum Gasteiger partial charge on any atom is -0.397 e. The number of nitrogens with two attached hydrogens (primary N) is 1. The van der Waals surface area contributed by atoms with Gasteiger partial charge in [-0.1, -0.05) is 29.8 Å². The number of anilines is 3. The molecule has 0 heterocycles. The SMILES string of the molecule is Cc1cc(C)c(Nc2c(C)cccc2N)c(C)c1. The molecular weight excluding hydrogens is 220 g/mol. The average Bonchev–Trinajstić information content (AvgIpc) is 2.26. The van der Waals surface area contributed by atoms with Crippen LogP contribution in [0.1, 0.15) is 22.3 Å². The van der Waals surface area contributed by atoms with Gasteiger partial charge >= 0.3 is 0 Å². The molecule has 18 heavy (non-hydrogen) atoms. The van der Waals surface area contributed by atoms with Crippen molar-refractivity contribution in [1.82, 2.24) is 0 Å². The van der Waals surface area contributed by atoms with E-state index in [1.54, 1.807) is 0 Å². The molecule has 0 atom stereocenters. The molecule has 0 aromatic heterocycles. The van der Waals surface area contributed by atoms with Crippen molar-refractivity contribution < 1.29 is 0 Å².